The number of thioether (sulfide) groups is 1. The number of para-hydroxylation sites is 1. The Hall–Kier alpha value is -2.53. The number of hydrogen-bond donors (Lipinski definition) is 0. The summed E-state index contributed by atoms with van der Waals surface area (Å²) in [5.41, 5.74) is 2.61. The average molecular weight is 321 g/mol. The highest BCUT2D eigenvalue weighted by atomic mass is 32.2. The van der Waals surface area contributed by atoms with Gasteiger partial charge in [-0.15, -0.1) is 11.8 Å². The van der Waals surface area contributed by atoms with E-state index in [0.29, 0.717) is 5.75 Å². The molecule has 0 aliphatic rings. The largest absolute Gasteiger partial charge is 0.256 e. The van der Waals surface area contributed by atoms with Gasteiger partial charge in [0.05, 0.1) is 11.0 Å². The number of benzene rings is 2. The minimum absolute atomic E-state index is 0.242. The molecule has 112 valence electrons. The van der Waals surface area contributed by atoms with Crippen LogP contribution in [0, 0.1) is 5.82 Å². The number of fused-ring (bicyclic) bond motifs is 2. The number of rotatable bonds is 3. The molecule has 0 N–H and O–H groups in total. The molecule has 0 fully saturated rings. The standard InChI is InChI=1S/C18H12FN3S/c19-14-8-12-4-3-7-20-17(12)13(9-14)10-23-18-15-5-1-2-6-16(15)21-11-22-18/h1-9,11H,10H2. The molecule has 0 aliphatic carbocycles. The number of nitrogens with zero attached hydrogens (tertiary/aromatic N) is 3. The van der Waals surface area contributed by atoms with Crippen LogP contribution in [0.1, 0.15) is 5.56 Å². The molecular weight excluding hydrogens is 309 g/mol. The van der Waals surface area contributed by atoms with Crippen molar-refractivity contribution in [3.63, 3.8) is 0 Å². The summed E-state index contributed by atoms with van der Waals surface area (Å²) < 4.78 is 13.8. The van der Waals surface area contributed by atoms with Crippen LogP contribution in [-0.2, 0) is 5.75 Å². The topological polar surface area (TPSA) is 38.7 Å². The predicted octanol–water partition coefficient (Wildman–Crippen LogP) is 4.61. The monoisotopic (exact) mass is 321 g/mol. The Balaban J connectivity index is 1.71. The van der Waals surface area contributed by atoms with E-state index in [-0.39, 0.29) is 5.82 Å². The molecule has 3 nitrogen and oxygen atoms in total. The Morgan fingerprint density at radius 3 is 2.83 bits per heavy atom. The first kappa shape index (κ1) is 14.1. The fraction of sp³-hybridized carbons (Fsp3) is 0.0556. The summed E-state index contributed by atoms with van der Waals surface area (Å²) in [6.45, 7) is 0. The van der Waals surface area contributed by atoms with Gasteiger partial charge in [0.2, 0.25) is 0 Å². The molecule has 2 heterocycles. The Morgan fingerprint density at radius 2 is 1.87 bits per heavy atom. The first-order chi connectivity index (χ1) is 11.3. The van der Waals surface area contributed by atoms with Crippen molar-refractivity contribution in [2.24, 2.45) is 0 Å². The van der Waals surface area contributed by atoms with Crippen molar-refractivity contribution < 1.29 is 4.39 Å². The lowest BCUT2D eigenvalue weighted by Gasteiger charge is -2.07. The summed E-state index contributed by atoms with van der Waals surface area (Å²) in [4.78, 5) is 13.0. The Labute approximate surface area is 136 Å². The zero-order valence-electron chi connectivity index (χ0n) is 12.1. The maximum atomic E-state index is 13.8. The fourth-order valence-electron chi connectivity index (χ4n) is 2.58. The van der Waals surface area contributed by atoms with Crippen LogP contribution in [0.25, 0.3) is 21.8 Å². The Bertz CT molecular complexity index is 998. The van der Waals surface area contributed by atoms with Crippen LogP contribution in [0.5, 0.6) is 0 Å². The maximum Gasteiger partial charge on any atom is 0.124 e. The van der Waals surface area contributed by atoms with Gasteiger partial charge in [-0.1, -0.05) is 24.3 Å². The van der Waals surface area contributed by atoms with E-state index in [1.54, 1.807) is 30.4 Å². The molecule has 5 heteroatoms. The molecule has 0 amide bonds. The van der Waals surface area contributed by atoms with Gasteiger partial charge in [-0.05, 0) is 29.8 Å². The third-order valence-electron chi connectivity index (χ3n) is 3.62. The van der Waals surface area contributed by atoms with Crippen molar-refractivity contribution in [1.82, 2.24) is 15.0 Å². The highest BCUT2D eigenvalue weighted by molar-refractivity contribution is 7.98. The lowest BCUT2D eigenvalue weighted by Crippen LogP contribution is -1.91. The molecule has 4 aromatic rings. The van der Waals surface area contributed by atoms with Crippen molar-refractivity contribution in [3.05, 3.63) is 72.4 Å². The molecule has 4 rings (SSSR count). The second-order valence-electron chi connectivity index (χ2n) is 5.12. The zero-order chi connectivity index (χ0) is 15.6. The second kappa shape index (κ2) is 5.93. The van der Waals surface area contributed by atoms with Gasteiger partial charge in [0.15, 0.2) is 0 Å². The van der Waals surface area contributed by atoms with Gasteiger partial charge < -0.3 is 0 Å². The van der Waals surface area contributed by atoms with Gasteiger partial charge in [0.25, 0.3) is 0 Å². The van der Waals surface area contributed by atoms with Crippen molar-refractivity contribution in [2.75, 3.05) is 0 Å². The summed E-state index contributed by atoms with van der Waals surface area (Å²) in [7, 11) is 0. The van der Waals surface area contributed by atoms with Crippen molar-refractivity contribution in [3.8, 4) is 0 Å². The molecule has 0 aliphatic heterocycles. The van der Waals surface area contributed by atoms with E-state index in [1.807, 2.05) is 36.4 Å². The third-order valence-corrected chi connectivity index (χ3v) is 4.67. The second-order valence-corrected chi connectivity index (χ2v) is 6.09. The van der Waals surface area contributed by atoms with E-state index in [1.165, 1.54) is 6.07 Å². The van der Waals surface area contributed by atoms with Gasteiger partial charge in [-0.25, -0.2) is 14.4 Å². The molecule has 23 heavy (non-hydrogen) atoms. The molecule has 2 aromatic carbocycles. The minimum Gasteiger partial charge on any atom is -0.256 e. The first-order valence-corrected chi connectivity index (χ1v) is 8.15. The van der Waals surface area contributed by atoms with Gasteiger partial charge in [0, 0.05) is 22.7 Å². The highest BCUT2D eigenvalue weighted by Crippen LogP contribution is 2.29. The summed E-state index contributed by atoms with van der Waals surface area (Å²) in [5.74, 6) is 0.361. The van der Waals surface area contributed by atoms with Crippen LogP contribution in [0.2, 0.25) is 0 Å². The van der Waals surface area contributed by atoms with Crippen LogP contribution in [-0.4, -0.2) is 15.0 Å². The molecule has 0 saturated heterocycles. The zero-order valence-corrected chi connectivity index (χ0v) is 12.9. The van der Waals surface area contributed by atoms with Gasteiger partial charge in [0.1, 0.15) is 17.2 Å². The van der Waals surface area contributed by atoms with Crippen LogP contribution < -0.4 is 0 Å². The quantitative estimate of drug-likeness (QED) is 0.408. The Morgan fingerprint density at radius 1 is 0.957 bits per heavy atom. The van der Waals surface area contributed by atoms with E-state index in [9.17, 15) is 4.39 Å². The number of pyridine rings is 1. The van der Waals surface area contributed by atoms with Crippen LogP contribution in [0.3, 0.4) is 0 Å². The highest BCUT2D eigenvalue weighted by Gasteiger charge is 2.09. The van der Waals surface area contributed by atoms with Crippen molar-refractivity contribution in [1.29, 1.82) is 0 Å². The molecule has 0 unspecified atom stereocenters. The summed E-state index contributed by atoms with van der Waals surface area (Å²) in [5, 5.41) is 2.72. The average Bonchev–Trinajstić information content (AvgIpc) is 2.59. The number of hydrogen-bond acceptors (Lipinski definition) is 4. The number of halogens is 1. The normalized spacial score (nSPS) is 11.2. The molecule has 0 radical (unpaired) electrons. The van der Waals surface area contributed by atoms with Crippen LogP contribution in [0.15, 0.2) is 66.1 Å². The van der Waals surface area contributed by atoms with Crippen molar-refractivity contribution in [2.45, 2.75) is 10.8 Å². The van der Waals surface area contributed by atoms with Gasteiger partial charge in [-0.3, -0.25) is 4.98 Å². The SMILES string of the molecule is Fc1cc(CSc2ncnc3ccccc23)c2ncccc2c1. The fourth-order valence-corrected chi connectivity index (χ4v) is 3.54. The summed E-state index contributed by atoms with van der Waals surface area (Å²) >= 11 is 1.57. The van der Waals surface area contributed by atoms with Crippen LogP contribution >= 0.6 is 11.8 Å². The lowest BCUT2D eigenvalue weighted by atomic mass is 10.1. The number of aromatic nitrogens is 3. The minimum atomic E-state index is -0.242. The maximum absolute atomic E-state index is 13.8. The third kappa shape index (κ3) is 2.75. The Kier molecular flexibility index (Phi) is 3.63. The molecule has 0 atom stereocenters. The summed E-state index contributed by atoms with van der Waals surface area (Å²) in [6, 6.07) is 14.6. The van der Waals surface area contributed by atoms with E-state index in [2.05, 4.69) is 15.0 Å². The molecule has 0 spiro atoms. The smallest absolute Gasteiger partial charge is 0.124 e. The van der Waals surface area contributed by atoms with Gasteiger partial charge in [-0.2, -0.15) is 0 Å². The first-order valence-electron chi connectivity index (χ1n) is 7.17. The van der Waals surface area contributed by atoms with E-state index >= 15 is 0 Å². The molecular formula is C18H12FN3S. The van der Waals surface area contributed by atoms with E-state index < -0.39 is 0 Å². The predicted molar refractivity (Wildman–Crippen MR) is 90.8 cm³/mol. The van der Waals surface area contributed by atoms with Crippen molar-refractivity contribution >= 4 is 33.6 Å². The lowest BCUT2D eigenvalue weighted by molar-refractivity contribution is 0.628. The van der Waals surface area contributed by atoms with Gasteiger partial charge >= 0.3 is 0 Å². The molecule has 0 bridgehead atoms. The van der Waals surface area contributed by atoms with Crippen LogP contribution in [0.4, 0.5) is 4.39 Å². The van der Waals surface area contributed by atoms with E-state index in [4.69, 9.17) is 0 Å². The summed E-state index contributed by atoms with van der Waals surface area (Å²) in [6.07, 6.45) is 3.29. The molecule has 0 saturated carbocycles. The molecule has 2 aromatic heterocycles. The van der Waals surface area contributed by atoms with E-state index in [0.717, 1.165) is 32.4 Å².